The largest absolute Gasteiger partial charge is 0.463 e. The molecule has 0 aromatic heterocycles. The molecule has 0 aliphatic heterocycles. The van der Waals surface area contributed by atoms with Crippen LogP contribution in [0.3, 0.4) is 0 Å². The van der Waals surface area contributed by atoms with Gasteiger partial charge in [0.05, 0.1) is 13.2 Å². The van der Waals surface area contributed by atoms with Crippen LogP contribution in [0.4, 0.5) is 0 Å². The molecule has 0 spiro atoms. The van der Waals surface area contributed by atoms with Crippen LogP contribution in [0.2, 0.25) is 0 Å². The Bertz CT molecular complexity index is 356. The number of ether oxygens (including phenoxy) is 2. The van der Waals surface area contributed by atoms with Crippen molar-refractivity contribution in [2.75, 3.05) is 13.2 Å². The highest BCUT2D eigenvalue weighted by atomic mass is 16.5. The fraction of sp³-hybridized carbons (Fsp3) is 0.789. The van der Waals surface area contributed by atoms with Crippen molar-refractivity contribution >= 4 is 11.9 Å². The normalized spacial score (nSPS) is 15.2. The third kappa shape index (κ3) is 10.9. The van der Waals surface area contributed by atoms with Crippen molar-refractivity contribution < 1.29 is 19.1 Å². The van der Waals surface area contributed by atoms with Crippen molar-refractivity contribution in [1.82, 2.24) is 0 Å². The summed E-state index contributed by atoms with van der Waals surface area (Å²) in [6.45, 7) is 3.10. The summed E-state index contributed by atoms with van der Waals surface area (Å²) < 4.78 is 10.2. The topological polar surface area (TPSA) is 52.6 Å². The molecule has 1 aliphatic rings. The summed E-state index contributed by atoms with van der Waals surface area (Å²) in [6, 6.07) is 0. The second-order valence-corrected chi connectivity index (χ2v) is 6.40. The van der Waals surface area contributed by atoms with Crippen molar-refractivity contribution in [3.05, 3.63) is 12.2 Å². The maximum atomic E-state index is 11.5. The number of hydrogen-bond donors (Lipinski definition) is 0. The van der Waals surface area contributed by atoms with E-state index in [4.69, 9.17) is 9.47 Å². The predicted molar refractivity (Wildman–Crippen MR) is 91.0 cm³/mol. The molecular formula is C19H32O4. The van der Waals surface area contributed by atoms with Gasteiger partial charge in [0.1, 0.15) is 0 Å². The van der Waals surface area contributed by atoms with Gasteiger partial charge in [-0.1, -0.05) is 58.3 Å². The van der Waals surface area contributed by atoms with Crippen LogP contribution in [0, 0.1) is 5.92 Å². The molecule has 1 aliphatic carbocycles. The first-order valence-electron chi connectivity index (χ1n) is 9.24. The number of carbonyl (C=O) groups excluding carboxylic acids is 2. The van der Waals surface area contributed by atoms with Crippen molar-refractivity contribution in [3.63, 3.8) is 0 Å². The molecule has 4 nitrogen and oxygen atoms in total. The maximum absolute atomic E-state index is 11.5. The molecule has 0 amide bonds. The molecule has 4 heteroatoms. The van der Waals surface area contributed by atoms with Gasteiger partial charge in [-0.25, -0.2) is 9.59 Å². The van der Waals surface area contributed by atoms with Crippen LogP contribution in [0.15, 0.2) is 12.2 Å². The fourth-order valence-corrected chi connectivity index (χ4v) is 2.84. The molecule has 0 heterocycles. The molecule has 0 saturated heterocycles. The van der Waals surface area contributed by atoms with E-state index in [1.54, 1.807) is 0 Å². The van der Waals surface area contributed by atoms with E-state index in [1.807, 2.05) is 0 Å². The fourth-order valence-electron chi connectivity index (χ4n) is 2.84. The Balaban J connectivity index is 1.96. The molecule has 23 heavy (non-hydrogen) atoms. The quantitative estimate of drug-likeness (QED) is 0.300. The van der Waals surface area contributed by atoms with Crippen molar-refractivity contribution in [2.45, 2.75) is 77.6 Å². The Labute approximate surface area is 140 Å². The van der Waals surface area contributed by atoms with Crippen LogP contribution in [0.25, 0.3) is 0 Å². The summed E-state index contributed by atoms with van der Waals surface area (Å²) in [6.07, 6.45) is 15.3. The van der Waals surface area contributed by atoms with Gasteiger partial charge in [-0.15, -0.1) is 0 Å². The third-order valence-electron chi connectivity index (χ3n) is 4.28. The van der Waals surface area contributed by atoms with E-state index in [9.17, 15) is 9.59 Å². The maximum Gasteiger partial charge on any atom is 0.331 e. The second kappa shape index (κ2) is 13.1. The van der Waals surface area contributed by atoms with Crippen LogP contribution < -0.4 is 0 Å². The van der Waals surface area contributed by atoms with Crippen molar-refractivity contribution in [2.24, 2.45) is 5.92 Å². The minimum atomic E-state index is -0.464. The minimum absolute atomic E-state index is 0.425. The van der Waals surface area contributed by atoms with E-state index < -0.39 is 11.9 Å². The monoisotopic (exact) mass is 324 g/mol. The molecule has 1 fully saturated rings. The molecule has 0 bridgehead atoms. The summed E-state index contributed by atoms with van der Waals surface area (Å²) >= 11 is 0. The average molecular weight is 324 g/mol. The highest BCUT2D eigenvalue weighted by Gasteiger charge is 2.16. The number of esters is 2. The van der Waals surface area contributed by atoms with Crippen LogP contribution in [0.5, 0.6) is 0 Å². The number of carbonyl (C=O) groups is 2. The second-order valence-electron chi connectivity index (χ2n) is 6.40. The molecule has 0 N–H and O–H groups in total. The Morgan fingerprint density at radius 2 is 1.43 bits per heavy atom. The zero-order valence-corrected chi connectivity index (χ0v) is 14.6. The van der Waals surface area contributed by atoms with E-state index in [0.29, 0.717) is 19.1 Å². The minimum Gasteiger partial charge on any atom is -0.463 e. The van der Waals surface area contributed by atoms with Gasteiger partial charge in [-0.2, -0.15) is 0 Å². The average Bonchev–Trinajstić information content (AvgIpc) is 3.07. The summed E-state index contributed by atoms with van der Waals surface area (Å²) in [5, 5.41) is 0. The lowest BCUT2D eigenvalue weighted by Gasteiger charge is -2.07. The van der Waals surface area contributed by atoms with Gasteiger partial charge in [0.25, 0.3) is 0 Å². The molecule has 1 rings (SSSR count). The highest BCUT2D eigenvalue weighted by Crippen LogP contribution is 2.24. The molecule has 0 aromatic carbocycles. The van der Waals surface area contributed by atoms with Gasteiger partial charge in [0.15, 0.2) is 0 Å². The van der Waals surface area contributed by atoms with Gasteiger partial charge in [0.2, 0.25) is 0 Å². The summed E-state index contributed by atoms with van der Waals surface area (Å²) in [5.41, 5.74) is 0. The zero-order chi connectivity index (χ0) is 16.8. The summed E-state index contributed by atoms with van der Waals surface area (Å²) in [7, 11) is 0. The lowest BCUT2D eigenvalue weighted by Crippen LogP contribution is -2.10. The first-order chi connectivity index (χ1) is 11.2. The SMILES string of the molecule is CCCCCCCCCOC(=O)/C=C/C(=O)OCC1CCCC1. The van der Waals surface area contributed by atoms with Crippen LogP contribution in [0.1, 0.15) is 77.6 Å². The summed E-state index contributed by atoms with van der Waals surface area (Å²) in [5.74, 6) is -0.421. The molecule has 132 valence electrons. The highest BCUT2D eigenvalue weighted by molar-refractivity contribution is 5.91. The lowest BCUT2D eigenvalue weighted by atomic mass is 10.1. The molecule has 0 atom stereocenters. The summed E-state index contributed by atoms with van der Waals surface area (Å²) in [4.78, 5) is 23.0. The predicted octanol–water partition coefficient (Wildman–Crippen LogP) is 4.57. The third-order valence-corrected chi connectivity index (χ3v) is 4.28. The smallest absolute Gasteiger partial charge is 0.331 e. The van der Waals surface area contributed by atoms with Crippen LogP contribution in [-0.2, 0) is 19.1 Å². The van der Waals surface area contributed by atoms with Crippen LogP contribution >= 0.6 is 0 Å². The first kappa shape index (κ1) is 19.7. The molecular weight excluding hydrogens is 292 g/mol. The number of unbranched alkanes of at least 4 members (excludes halogenated alkanes) is 6. The van der Waals surface area contributed by atoms with E-state index in [0.717, 1.165) is 31.8 Å². The lowest BCUT2D eigenvalue weighted by molar-refractivity contribution is -0.141. The van der Waals surface area contributed by atoms with Crippen molar-refractivity contribution in [1.29, 1.82) is 0 Å². The van der Waals surface area contributed by atoms with E-state index >= 15 is 0 Å². The Kier molecular flexibility index (Phi) is 11.3. The first-order valence-corrected chi connectivity index (χ1v) is 9.24. The Hall–Kier alpha value is -1.32. The number of rotatable bonds is 12. The zero-order valence-electron chi connectivity index (χ0n) is 14.6. The van der Waals surface area contributed by atoms with Crippen molar-refractivity contribution in [3.8, 4) is 0 Å². The van der Waals surface area contributed by atoms with E-state index in [2.05, 4.69) is 6.92 Å². The molecule has 0 aromatic rings. The van der Waals surface area contributed by atoms with Gasteiger partial charge < -0.3 is 9.47 Å². The molecule has 0 radical (unpaired) electrons. The van der Waals surface area contributed by atoms with Gasteiger partial charge >= 0.3 is 11.9 Å². The Morgan fingerprint density at radius 1 is 0.870 bits per heavy atom. The molecule has 0 unspecified atom stereocenters. The molecule has 1 saturated carbocycles. The van der Waals surface area contributed by atoms with Gasteiger partial charge in [-0.3, -0.25) is 0 Å². The standard InChI is InChI=1S/C19H32O4/c1-2-3-4-5-6-7-10-15-22-18(20)13-14-19(21)23-16-17-11-8-9-12-17/h13-14,17H,2-12,15-16H2,1H3/b14-13+. The van der Waals surface area contributed by atoms with Gasteiger partial charge in [0, 0.05) is 12.2 Å². The van der Waals surface area contributed by atoms with Gasteiger partial charge in [-0.05, 0) is 25.2 Å². The van der Waals surface area contributed by atoms with E-state index in [-0.39, 0.29) is 0 Å². The van der Waals surface area contributed by atoms with Crippen LogP contribution in [-0.4, -0.2) is 25.2 Å². The number of hydrogen-bond acceptors (Lipinski definition) is 4. The van der Waals surface area contributed by atoms with E-state index in [1.165, 1.54) is 51.0 Å². The Morgan fingerprint density at radius 3 is 2.09 bits per heavy atom.